The Balaban J connectivity index is 2.60. The summed E-state index contributed by atoms with van der Waals surface area (Å²) in [5, 5.41) is 3.48. The summed E-state index contributed by atoms with van der Waals surface area (Å²) in [5.41, 5.74) is 0.455. The summed E-state index contributed by atoms with van der Waals surface area (Å²) in [4.78, 5) is 17.5. The minimum atomic E-state index is -0.0887. The lowest BCUT2D eigenvalue weighted by Gasteiger charge is -2.17. The molecule has 0 saturated carbocycles. The molecule has 0 bridgehead atoms. The van der Waals surface area contributed by atoms with E-state index in [1.54, 1.807) is 24.2 Å². The van der Waals surface area contributed by atoms with Gasteiger partial charge in [0.15, 0.2) is 0 Å². The quantitative estimate of drug-likeness (QED) is 0.793. The highest BCUT2D eigenvalue weighted by atomic mass is 35.5. The van der Waals surface area contributed by atoms with Crippen LogP contribution in [0.4, 0.5) is 0 Å². The Morgan fingerprint density at radius 2 is 2.38 bits per heavy atom. The predicted octanol–water partition coefficient (Wildman–Crippen LogP) is 1.42. The summed E-state index contributed by atoms with van der Waals surface area (Å²) in [5.74, 6) is -0.0887. The molecule has 16 heavy (non-hydrogen) atoms. The van der Waals surface area contributed by atoms with Crippen LogP contribution in [0.25, 0.3) is 0 Å². The van der Waals surface area contributed by atoms with Crippen molar-refractivity contribution < 1.29 is 4.79 Å². The van der Waals surface area contributed by atoms with Crippen LogP contribution in [0.3, 0.4) is 0 Å². The van der Waals surface area contributed by atoms with Crippen LogP contribution in [0.15, 0.2) is 18.5 Å². The number of pyridine rings is 1. The smallest absolute Gasteiger partial charge is 0.256 e. The molecule has 1 aromatic rings. The van der Waals surface area contributed by atoms with Gasteiger partial charge in [-0.15, -0.1) is 0 Å². The number of halogens is 1. The van der Waals surface area contributed by atoms with Crippen molar-refractivity contribution in [3.63, 3.8) is 0 Å². The van der Waals surface area contributed by atoms with Crippen LogP contribution in [0.2, 0.25) is 5.02 Å². The molecule has 0 fully saturated rings. The van der Waals surface area contributed by atoms with E-state index < -0.39 is 0 Å². The van der Waals surface area contributed by atoms with Gasteiger partial charge in [-0.2, -0.15) is 0 Å². The molecule has 1 aromatic heterocycles. The van der Waals surface area contributed by atoms with Gasteiger partial charge >= 0.3 is 0 Å². The normalized spacial score (nSPS) is 10.2. The summed E-state index contributed by atoms with van der Waals surface area (Å²) in [6.07, 6.45) is 3.98. The minimum absolute atomic E-state index is 0.0887. The number of carbonyl (C=O) groups excluding carboxylic acids is 1. The SMILES string of the molecule is CNCCCN(C)C(=O)c1cnccc1Cl. The van der Waals surface area contributed by atoms with Gasteiger partial charge in [0, 0.05) is 26.0 Å². The molecule has 1 rings (SSSR count). The molecule has 1 heterocycles. The maximum absolute atomic E-state index is 11.9. The summed E-state index contributed by atoms with van der Waals surface area (Å²) in [7, 11) is 3.65. The van der Waals surface area contributed by atoms with E-state index in [0.29, 0.717) is 17.1 Å². The van der Waals surface area contributed by atoms with Gasteiger partial charge in [0.1, 0.15) is 0 Å². The van der Waals surface area contributed by atoms with Crippen LogP contribution in [0, 0.1) is 0 Å². The Kier molecular flexibility index (Phi) is 5.22. The second kappa shape index (κ2) is 6.45. The molecule has 0 aliphatic rings. The number of carbonyl (C=O) groups is 1. The molecule has 0 saturated heterocycles. The fourth-order valence-corrected chi connectivity index (χ4v) is 1.52. The third-order valence-corrected chi connectivity index (χ3v) is 2.59. The van der Waals surface area contributed by atoms with E-state index in [2.05, 4.69) is 10.3 Å². The van der Waals surface area contributed by atoms with Gasteiger partial charge < -0.3 is 10.2 Å². The highest BCUT2D eigenvalue weighted by molar-refractivity contribution is 6.33. The average Bonchev–Trinajstić information content (AvgIpc) is 2.29. The molecule has 88 valence electrons. The molecule has 5 heteroatoms. The Morgan fingerprint density at radius 3 is 3.00 bits per heavy atom. The second-order valence-corrected chi connectivity index (χ2v) is 3.95. The average molecular weight is 242 g/mol. The maximum Gasteiger partial charge on any atom is 0.256 e. The summed E-state index contributed by atoms with van der Waals surface area (Å²) in [6, 6.07) is 1.62. The summed E-state index contributed by atoms with van der Waals surface area (Å²) >= 11 is 5.92. The molecule has 0 aliphatic carbocycles. The van der Waals surface area contributed by atoms with Gasteiger partial charge in [-0.3, -0.25) is 9.78 Å². The van der Waals surface area contributed by atoms with Crippen molar-refractivity contribution in [3.05, 3.63) is 29.0 Å². The number of nitrogens with zero attached hydrogens (tertiary/aromatic N) is 2. The van der Waals surface area contributed by atoms with Crippen LogP contribution < -0.4 is 5.32 Å². The van der Waals surface area contributed by atoms with Gasteiger partial charge in [-0.05, 0) is 26.1 Å². The monoisotopic (exact) mass is 241 g/mol. The fourth-order valence-electron chi connectivity index (χ4n) is 1.34. The van der Waals surface area contributed by atoms with Gasteiger partial charge in [0.05, 0.1) is 10.6 Å². The largest absolute Gasteiger partial charge is 0.342 e. The van der Waals surface area contributed by atoms with Gasteiger partial charge in [0.25, 0.3) is 5.91 Å². The zero-order chi connectivity index (χ0) is 12.0. The molecule has 0 atom stereocenters. The lowest BCUT2D eigenvalue weighted by molar-refractivity contribution is 0.0793. The van der Waals surface area contributed by atoms with Crippen molar-refractivity contribution in [1.82, 2.24) is 15.2 Å². The number of aromatic nitrogens is 1. The van der Waals surface area contributed by atoms with E-state index in [4.69, 9.17) is 11.6 Å². The molecule has 1 N–H and O–H groups in total. The molecule has 0 aliphatic heterocycles. The molecule has 0 radical (unpaired) electrons. The van der Waals surface area contributed by atoms with E-state index in [1.165, 1.54) is 6.20 Å². The summed E-state index contributed by atoms with van der Waals surface area (Å²) < 4.78 is 0. The highest BCUT2D eigenvalue weighted by Crippen LogP contribution is 2.15. The van der Waals surface area contributed by atoms with Crippen molar-refractivity contribution in [2.75, 3.05) is 27.2 Å². The van der Waals surface area contributed by atoms with Crippen LogP contribution >= 0.6 is 11.6 Å². The third kappa shape index (κ3) is 3.47. The van der Waals surface area contributed by atoms with E-state index >= 15 is 0 Å². The first-order valence-electron chi connectivity index (χ1n) is 5.16. The van der Waals surface area contributed by atoms with Gasteiger partial charge in [-0.1, -0.05) is 11.6 Å². The van der Waals surface area contributed by atoms with Crippen molar-refractivity contribution >= 4 is 17.5 Å². The number of rotatable bonds is 5. The van der Waals surface area contributed by atoms with Crippen LogP contribution in [-0.4, -0.2) is 43.0 Å². The number of hydrogen-bond acceptors (Lipinski definition) is 3. The Hall–Kier alpha value is -1.13. The lowest BCUT2D eigenvalue weighted by Crippen LogP contribution is -2.29. The molecule has 0 unspecified atom stereocenters. The Morgan fingerprint density at radius 1 is 1.62 bits per heavy atom. The lowest BCUT2D eigenvalue weighted by atomic mass is 10.2. The van der Waals surface area contributed by atoms with E-state index in [-0.39, 0.29) is 5.91 Å². The number of nitrogens with one attached hydrogen (secondary N) is 1. The molecular weight excluding hydrogens is 226 g/mol. The zero-order valence-corrected chi connectivity index (χ0v) is 10.3. The van der Waals surface area contributed by atoms with Gasteiger partial charge in [-0.25, -0.2) is 0 Å². The van der Waals surface area contributed by atoms with Crippen molar-refractivity contribution in [1.29, 1.82) is 0 Å². The highest BCUT2D eigenvalue weighted by Gasteiger charge is 2.14. The van der Waals surface area contributed by atoms with Gasteiger partial charge in [0.2, 0.25) is 0 Å². The van der Waals surface area contributed by atoms with Crippen molar-refractivity contribution in [3.8, 4) is 0 Å². The first-order valence-corrected chi connectivity index (χ1v) is 5.54. The second-order valence-electron chi connectivity index (χ2n) is 3.54. The fraction of sp³-hybridized carbons (Fsp3) is 0.455. The molecule has 1 amide bonds. The molecule has 0 spiro atoms. The van der Waals surface area contributed by atoms with Crippen LogP contribution in [-0.2, 0) is 0 Å². The zero-order valence-electron chi connectivity index (χ0n) is 9.53. The topological polar surface area (TPSA) is 45.2 Å². The van der Waals surface area contributed by atoms with E-state index in [1.807, 2.05) is 7.05 Å². The number of amides is 1. The maximum atomic E-state index is 11.9. The minimum Gasteiger partial charge on any atom is -0.342 e. The Bertz CT molecular complexity index is 357. The Labute approximate surface area is 101 Å². The van der Waals surface area contributed by atoms with E-state index in [9.17, 15) is 4.79 Å². The van der Waals surface area contributed by atoms with E-state index in [0.717, 1.165) is 13.0 Å². The summed E-state index contributed by atoms with van der Waals surface area (Å²) in [6.45, 7) is 1.59. The predicted molar refractivity (Wildman–Crippen MR) is 64.8 cm³/mol. The standard InChI is InChI=1S/C11H16ClN3O/c1-13-5-3-7-15(2)11(16)9-8-14-6-4-10(9)12/h4,6,8,13H,3,5,7H2,1-2H3. The van der Waals surface area contributed by atoms with Crippen molar-refractivity contribution in [2.24, 2.45) is 0 Å². The first kappa shape index (κ1) is 12.9. The van der Waals surface area contributed by atoms with Crippen LogP contribution in [0.5, 0.6) is 0 Å². The molecule has 0 aromatic carbocycles. The van der Waals surface area contributed by atoms with Crippen molar-refractivity contribution in [2.45, 2.75) is 6.42 Å². The third-order valence-electron chi connectivity index (χ3n) is 2.27. The first-order chi connectivity index (χ1) is 7.66. The van der Waals surface area contributed by atoms with Crippen LogP contribution in [0.1, 0.15) is 16.8 Å². The molecular formula is C11H16ClN3O. The number of hydrogen-bond donors (Lipinski definition) is 1. The molecule has 4 nitrogen and oxygen atoms in total.